The monoisotopic (exact) mass is 542 g/mol. The van der Waals surface area contributed by atoms with Gasteiger partial charge < -0.3 is 23.5 Å². The summed E-state index contributed by atoms with van der Waals surface area (Å²) in [6.45, 7) is 7.07. The van der Waals surface area contributed by atoms with Gasteiger partial charge >= 0.3 is 0 Å². The molecule has 4 aromatic rings. The molecule has 40 heavy (non-hydrogen) atoms. The lowest BCUT2D eigenvalue weighted by molar-refractivity contribution is 0.0369. The molecule has 208 valence electrons. The molecule has 1 atom stereocenters. The van der Waals surface area contributed by atoms with E-state index in [1.54, 1.807) is 20.5 Å². The zero-order chi connectivity index (χ0) is 27.6. The van der Waals surface area contributed by atoms with Gasteiger partial charge in [-0.3, -0.25) is 10.3 Å². The van der Waals surface area contributed by atoms with Gasteiger partial charge in [0.25, 0.3) is 0 Å². The van der Waals surface area contributed by atoms with Gasteiger partial charge in [-0.1, -0.05) is 24.3 Å². The third-order valence-electron chi connectivity index (χ3n) is 7.64. The van der Waals surface area contributed by atoms with E-state index >= 15 is 0 Å². The first-order valence-electron chi connectivity index (χ1n) is 13.6. The van der Waals surface area contributed by atoms with Gasteiger partial charge in [0.1, 0.15) is 11.8 Å². The predicted molar refractivity (Wildman–Crippen MR) is 149 cm³/mol. The number of fused-ring (bicyclic) bond motifs is 2. The zero-order valence-corrected chi connectivity index (χ0v) is 23.1. The molecule has 0 spiro atoms. The number of benzene rings is 2. The number of nitrogens with zero attached hydrogens (tertiary/aromatic N) is 5. The number of ether oxygens (including phenoxy) is 4. The van der Waals surface area contributed by atoms with E-state index in [0.29, 0.717) is 40.9 Å². The molecule has 10 heteroatoms. The quantitative estimate of drug-likeness (QED) is 0.318. The maximum Gasteiger partial charge on any atom is 0.230 e. The highest BCUT2D eigenvalue weighted by atomic mass is 16.5. The summed E-state index contributed by atoms with van der Waals surface area (Å²) in [6.07, 6.45) is 2.63. The van der Waals surface area contributed by atoms with E-state index in [1.807, 2.05) is 64.7 Å². The Labute approximate surface area is 233 Å². The number of hydrogen-bond donors (Lipinski definition) is 1. The van der Waals surface area contributed by atoms with E-state index < -0.39 is 0 Å². The third-order valence-corrected chi connectivity index (χ3v) is 7.64. The van der Waals surface area contributed by atoms with E-state index in [-0.39, 0.29) is 5.92 Å². The first-order valence-corrected chi connectivity index (χ1v) is 13.6. The first kappa shape index (κ1) is 26.1. The highest BCUT2D eigenvalue weighted by molar-refractivity contribution is 5.59. The minimum absolute atomic E-state index is 0.331. The lowest BCUT2D eigenvalue weighted by atomic mass is 9.84. The molecular formula is C30H34N6O4. The van der Waals surface area contributed by atoms with Gasteiger partial charge in [0, 0.05) is 26.2 Å². The molecule has 2 aliphatic rings. The minimum atomic E-state index is -0.331. The molecule has 2 aromatic heterocycles. The second-order valence-electron chi connectivity index (χ2n) is 10.0. The van der Waals surface area contributed by atoms with Crippen molar-refractivity contribution in [1.82, 2.24) is 24.2 Å². The van der Waals surface area contributed by atoms with Crippen molar-refractivity contribution in [2.75, 3.05) is 47.1 Å². The topological polar surface area (TPSA) is 99.7 Å². The molecule has 0 saturated carbocycles. The molecule has 0 bridgehead atoms. The molecule has 10 nitrogen and oxygen atoms in total. The number of methoxy groups -OCH3 is 2. The Morgan fingerprint density at radius 3 is 2.50 bits per heavy atom. The Morgan fingerprint density at radius 2 is 1.75 bits per heavy atom. The van der Waals surface area contributed by atoms with Gasteiger partial charge in [-0.05, 0) is 43.2 Å². The fourth-order valence-electron chi connectivity index (χ4n) is 5.60. The average molecular weight is 543 g/mol. The van der Waals surface area contributed by atoms with Crippen LogP contribution in [0, 0.1) is 12.3 Å². The lowest BCUT2D eigenvalue weighted by Gasteiger charge is -2.28. The van der Waals surface area contributed by atoms with Crippen molar-refractivity contribution in [2.45, 2.75) is 25.8 Å². The number of morpholine rings is 1. The number of nitrogens with one attached hydrogen (secondary N) is 1. The molecule has 1 saturated heterocycles. The van der Waals surface area contributed by atoms with Gasteiger partial charge in [0.2, 0.25) is 11.8 Å². The van der Waals surface area contributed by atoms with Crippen molar-refractivity contribution in [2.24, 2.45) is 0 Å². The van der Waals surface area contributed by atoms with Crippen LogP contribution in [0.25, 0.3) is 5.69 Å². The Hall–Kier alpha value is -4.15. The van der Waals surface area contributed by atoms with Gasteiger partial charge in [0.15, 0.2) is 11.5 Å². The van der Waals surface area contributed by atoms with Crippen LogP contribution in [0.3, 0.4) is 0 Å². The van der Waals surface area contributed by atoms with Crippen LogP contribution in [0.2, 0.25) is 0 Å². The Bertz CT molecular complexity index is 1560. The average Bonchev–Trinajstić information content (AvgIpc) is 3.33. The smallest absolute Gasteiger partial charge is 0.230 e. The summed E-state index contributed by atoms with van der Waals surface area (Å²) in [5.41, 5.74) is 4.66. The Balaban J connectivity index is 1.44. The maximum atomic E-state index is 9.31. The van der Waals surface area contributed by atoms with Crippen molar-refractivity contribution >= 4 is 0 Å². The van der Waals surface area contributed by atoms with E-state index in [4.69, 9.17) is 29.0 Å². The predicted octanol–water partition coefficient (Wildman–Crippen LogP) is 3.88. The summed E-state index contributed by atoms with van der Waals surface area (Å²) in [5.74, 6) is 1.96. The van der Waals surface area contributed by atoms with Crippen molar-refractivity contribution in [3.8, 4) is 28.9 Å². The molecule has 2 aromatic carbocycles. The molecule has 0 aliphatic carbocycles. The van der Waals surface area contributed by atoms with E-state index in [9.17, 15) is 5.41 Å². The summed E-state index contributed by atoms with van der Waals surface area (Å²) < 4.78 is 26.8. The van der Waals surface area contributed by atoms with E-state index in [0.717, 1.165) is 61.8 Å². The number of aromatic nitrogens is 4. The highest BCUT2D eigenvalue weighted by Gasteiger charge is 2.37. The van der Waals surface area contributed by atoms with Crippen LogP contribution < -0.4 is 19.7 Å². The molecule has 2 aliphatic heterocycles. The maximum absolute atomic E-state index is 9.31. The molecule has 4 heterocycles. The van der Waals surface area contributed by atoms with Crippen molar-refractivity contribution in [1.29, 1.82) is 5.41 Å². The number of para-hydroxylation sites is 1. The van der Waals surface area contributed by atoms with Gasteiger partial charge in [-0.25, -0.2) is 9.67 Å². The van der Waals surface area contributed by atoms with Crippen LogP contribution >= 0.6 is 0 Å². The van der Waals surface area contributed by atoms with E-state index in [1.165, 1.54) is 0 Å². The third kappa shape index (κ3) is 4.73. The minimum Gasteiger partial charge on any atom is -0.493 e. The standard InChI is InChI=1S/C30H34N6O4/c1-20-25-26(21-10-11-23(37-2)24(18-21)38-3)27-28(31)35(13-7-12-34-14-16-39-17-15-34)19-32-29(27)40-30(25)36(33-20)22-8-5-4-6-9-22/h4-6,8-11,18-19,26,31H,7,12-17H2,1-3H3/t26-/m0/s1. The van der Waals surface area contributed by atoms with Gasteiger partial charge in [0.05, 0.1) is 55.9 Å². The fraction of sp³-hybridized carbons (Fsp3) is 0.367. The number of hydrogen-bond acceptors (Lipinski definition) is 8. The van der Waals surface area contributed by atoms with Crippen LogP contribution in [0.1, 0.15) is 34.7 Å². The highest BCUT2D eigenvalue weighted by Crippen LogP contribution is 2.48. The zero-order valence-electron chi connectivity index (χ0n) is 23.1. The van der Waals surface area contributed by atoms with Crippen LogP contribution in [0.5, 0.6) is 23.3 Å². The van der Waals surface area contributed by atoms with Crippen molar-refractivity contribution in [3.63, 3.8) is 0 Å². The molecule has 0 radical (unpaired) electrons. The largest absolute Gasteiger partial charge is 0.493 e. The molecule has 0 unspecified atom stereocenters. The van der Waals surface area contributed by atoms with Crippen LogP contribution in [-0.2, 0) is 11.3 Å². The number of aryl methyl sites for hydroxylation is 2. The summed E-state index contributed by atoms with van der Waals surface area (Å²) in [6, 6.07) is 15.8. The summed E-state index contributed by atoms with van der Waals surface area (Å²) >= 11 is 0. The molecule has 0 amide bonds. The van der Waals surface area contributed by atoms with Gasteiger partial charge in [-0.15, -0.1) is 0 Å². The molecule has 1 N–H and O–H groups in total. The first-order chi connectivity index (χ1) is 19.6. The number of rotatable bonds is 8. The fourth-order valence-corrected chi connectivity index (χ4v) is 5.60. The second kappa shape index (κ2) is 11.1. The van der Waals surface area contributed by atoms with Crippen LogP contribution in [-0.4, -0.2) is 71.3 Å². The van der Waals surface area contributed by atoms with Crippen molar-refractivity contribution in [3.05, 3.63) is 82.7 Å². The van der Waals surface area contributed by atoms with Crippen LogP contribution in [0.15, 0.2) is 54.9 Å². The summed E-state index contributed by atoms with van der Waals surface area (Å²) in [7, 11) is 3.25. The van der Waals surface area contributed by atoms with Crippen molar-refractivity contribution < 1.29 is 18.9 Å². The van der Waals surface area contributed by atoms with Crippen LogP contribution in [0.4, 0.5) is 0 Å². The van der Waals surface area contributed by atoms with Gasteiger partial charge in [-0.2, -0.15) is 5.10 Å². The summed E-state index contributed by atoms with van der Waals surface area (Å²) in [5, 5.41) is 14.2. The summed E-state index contributed by atoms with van der Waals surface area (Å²) in [4.78, 5) is 7.14. The Morgan fingerprint density at radius 1 is 0.975 bits per heavy atom. The van der Waals surface area contributed by atoms with E-state index in [2.05, 4.69) is 4.90 Å². The normalized spacial score (nSPS) is 16.6. The second-order valence-corrected chi connectivity index (χ2v) is 10.0. The SMILES string of the molecule is COc1ccc([C@H]2c3c(C)nn(-c4ccccc4)c3Oc3ncn(CCCN4CCOCC4)c(=N)c32)cc1OC. The lowest BCUT2D eigenvalue weighted by Crippen LogP contribution is -2.37. The molecule has 6 rings (SSSR count). The molecular weight excluding hydrogens is 508 g/mol. The Kier molecular flexibility index (Phi) is 7.27. The molecule has 1 fully saturated rings.